The Morgan fingerprint density at radius 1 is 1.27 bits per heavy atom. The molecule has 0 aliphatic heterocycles. The Morgan fingerprint density at radius 3 is 3.00 bits per heavy atom. The Hall–Kier alpha value is -1.85. The van der Waals surface area contributed by atoms with Crippen LogP contribution in [0.4, 0.5) is 0 Å². The number of nitrogens with one attached hydrogen (secondary N) is 1. The highest BCUT2D eigenvalue weighted by Crippen LogP contribution is 2.14. The summed E-state index contributed by atoms with van der Waals surface area (Å²) in [6.07, 6.45) is 1.80. The molecule has 0 amide bonds. The van der Waals surface area contributed by atoms with Crippen molar-refractivity contribution in [1.29, 1.82) is 0 Å². The van der Waals surface area contributed by atoms with Gasteiger partial charge in [-0.3, -0.25) is 0 Å². The summed E-state index contributed by atoms with van der Waals surface area (Å²) in [5.41, 5.74) is 0.850. The highest BCUT2D eigenvalue weighted by Gasteiger charge is 1.96. The van der Waals surface area contributed by atoms with Crippen molar-refractivity contribution in [3.05, 3.63) is 42.2 Å². The molecule has 0 aliphatic carbocycles. The van der Waals surface area contributed by atoms with Gasteiger partial charge in [-0.15, -0.1) is 0 Å². The van der Waals surface area contributed by atoms with E-state index in [0.29, 0.717) is 6.54 Å². The monoisotopic (exact) mass is 196 g/mol. The lowest BCUT2D eigenvalue weighted by atomic mass is 10.1. The summed E-state index contributed by atoms with van der Waals surface area (Å²) in [5, 5.41) is 5.28. The fourth-order valence-electron chi connectivity index (χ4n) is 1.44. The molecule has 0 spiro atoms. The van der Waals surface area contributed by atoms with E-state index in [4.69, 9.17) is 0 Å². The van der Waals surface area contributed by atoms with E-state index in [0.717, 1.165) is 11.1 Å². The lowest BCUT2D eigenvalue weighted by Crippen LogP contribution is -2.04. The topological polar surface area (TPSA) is 24.9 Å². The number of fused-ring (bicyclic) bond motifs is 1. The van der Waals surface area contributed by atoms with Crippen LogP contribution in [0, 0.1) is 11.8 Å². The van der Waals surface area contributed by atoms with E-state index in [1.165, 1.54) is 5.39 Å². The van der Waals surface area contributed by atoms with Gasteiger partial charge in [0.25, 0.3) is 0 Å². The number of hydrogen-bond acceptors (Lipinski definition) is 2. The first-order valence-electron chi connectivity index (χ1n) is 4.89. The van der Waals surface area contributed by atoms with Crippen LogP contribution < -0.4 is 5.32 Å². The number of benzene rings is 1. The molecule has 0 atom stereocenters. The Kier molecular flexibility index (Phi) is 2.96. The Balaban J connectivity index is 2.48. The van der Waals surface area contributed by atoms with Gasteiger partial charge in [0.2, 0.25) is 0 Å². The minimum atomic E-state index is 0.685. The first-order valence-corrected chi connectivity index (χ1v) is 4.89. The van der Waals surface area contributed by atoms with Crippen molar-refractivity contribution in [3.63, 3.8) is 0 Å². The lowest BCUT2D eigenvalue weighted by Gasteiger charge is -1.98. The fraction of sp³-hybridized carbons (Fsp3) is 0.154. The van der Waals surface area contributed by atoms with E-state index in [2.05, 4.69) is 28.2 Å². The first kappa shape index (κ1) is 9.70. The molecule has 2 rings (SSSR count). The van der Waals surface area contributed by atoms with Crippen LogP contribution in [0.5, 0.6) is 0 Å². The highest BCUT2D eigenvalue weighted by molar-refractivity contribution is 5.86. The second-order valence-electron chi connectivity index (χ2n) is 3.21. The van der Waals surface area contributed by atoms with Crippen molar-refractivity contribution >= 4 is 10.8 Å². The molecule has 2 nitrogen and oxygen atoms in total. The number of pyridine rings is 1. The molecule has 1 N–H and O–H groups in total. The summed E-state index contributed by atoms with van der Waals surface area (Å²) >= 11 is 0. The summed E-state index contributed by atoms with van der Waals surface area (Å²) in [7, 11) is 1.88. The predicted molar refractivity (Wildman–Crippen MR) is 62.5 cm³/mol. The van der Waals surface area contributed by atoms with Gasteiger partial charge in [0.1, 0.15) is 5.69 Å². The minimum Gasteiger partial charge on any atom is -0.309 e. The number of rotatable bonds is 1. The zero-order valence-corrected chi connectivity index (χ0v) is 8.62. The predicted octanol–water partition coefficient (Wildman–Crippen LogP) is 1.81. The van der Waals surface area contributed by atoms with Gasteiger partial charge >= 0.3 is 0 Å². The van der Waals surface area contributed by atoms with E-state index in [-0.39, 0.29) is 0 Å². The van der Waals surface area contributed by atoms with Crippen LogP contribution in [-0.2, 0) is 0 Å². The average molecular weight is 196 g/mol. The summed E-state index contributed by atoms with van der Waals surface area (Å²) < 4.78 is 0. The van der Waals surface area contributed by atoms with Crippen molar-refractivity contribution in [2.75, 3.05) is 13.6 Å². The molecule has 0 aliphatic rings. The van der Waals surface area contributed by atoms with E-state index in [1.54, 1.807) is 6.20 Å². The maximum absolute atomic E-state index is 4.28. The molecule has 0 bridgehead atoms. The van der Waals surface area contributed by atoms with E-state index in [9.17, 15) is 0 Å². The molecular weight excluding hydrogens is 184 g/mol. The van der Waals surface area contributed by atoms with Crippen LogP contribution in [0.3, 0.4) is 0 Å². The van der Waals surface area contributed by atoms with E-state index in [1.807, 2.05) is 31.3 Å². The molecule has 1 heterocycles. The SMILES string of the molecule is CNCC#Cc1nccc2ccccc12. The van der Waals surface area contributed by atoms with Crippen molar-refractivity contribution in [2.24, 2.45) is 0 Å². The van der Waals surface area contributed by atoms with Gasteiger partial charge in [-0.25, -0.2) is 4.98 Å². The molecule has 1 aromatic heterocycles. The van der Waals surface area contributed by atoms with Crippen molar-refractivity contribution in [3.8, 4) is 11.8 Å². The van der Waals surface area contributed by atoms with Crippen LogP contribution >= 0.6 is 0 Å². The Bertz CT molecular complexity index is 515. The maximum Gasteiger partial charge on any atom is 0.120 e. The summed E-state index contributed by atoms with van der Waals surface area (Å²) in [6.45, 7) is 0.685. The van der Waals surface area contributed by atoms with Crippen LogP contribution in [0.15, 0.2) is 36.5 Å². The van der Waals surface area contributed by atoms with Gasteiger partial charge in [-0.05, 0) is 24.4 Å². The standard InChI is InChI=1S/C13H12N2/c1-14-9-4-7-13-12-6-3-2-5-11(12)8-10-15-13/h2-3,5-6,8,10,14H,9H2,1H3. The van der Waals surface area contributed by atoms with Gasteiger partial charge in [0.15, 0.2) is 0 Å². The average Bonchev–Trinajstić information content (AvgIpc) is 2.30. The highest BCUT2D eigenvalue weighted by atomic mass is 14.8. The molecule has 2 heteroatoms. The third-order valence-corrected chi connectivity index (χ3v) is 2.15. The van der Waals surface area contributed by atoms with Crippen molar-refractivity contribution in [1.82, 2.24) is 10.3 Å². The van der Waals surface area contributed by atoms with Crippen LogP contribution in [0.2, 0.25) is 0 Å². The molecule has 0 saturated heterocycles. The number of hydrogen-bond donors (Lipinski definition) is 1. The minimum absolute atomic E-state index is 0.685. The van der Waals surface area contributed by atoms with Crippen molar-refractivity contribution in [2.45, 2.75) is 0 Å². The van der Waals surface area contributed by atoms with Crippen LogP contribution in [-0.4, -0.2) is 18.6 Å². The van der Waals surface area contributed by atoms with E-state index < -0.39 is 0 Å². The fourth-order valence-corrected chi connectivity index (χ4v) is 1.44. The quantitative estimate of drug-likeness (QED) is 0.703. The first-order chi connectivity index (χ1) is 7.42. The summed E-state index contributed by atoms with van der Waals surface area (Å²) in [4.78, 5) is 4.28. The Morgan fingerprint density at radius 2 is 2.13 bits per heavy atom. The molecule has 0 saturated carbocycles. The molecular formula is C13H12N2. The normalized spacial score (nSPS) is 9.67. The summed E-state index contributed by atoms with van der Waals surface area (Å²) in [6, 6.07) is 10.1. The second kappa shape index (κ2) is 4.59. The van der Waals surface area contributed by atoms with Gasteiger partial charge in [0.05, 0.1) is 6.54 Å². The third kappa shape index (κ3) is 2.15. The van der Waals surface area contributed by atoms with Crippen LogP contribution in [0.25, 0.3) is 10.8 Å². The summed E-state index contributed by atoms with van der Waals surface area (Å²) in [5.74, 6) is 6.08. The zero-order chi connectivity index (χ0) is 10.5. The molecule has 74 valence electrons. The van der Waals surface area contributed by atoms with Crippen LogP contribution in [0.1, 0.15) is 5.69 Å². The maximum atomic E-state index is 4.28. The largest absolute Gasteiger partial charge is 0.309 e. The third-order valence-electron chi connectivity index (χ3n) is 2.15. The smallest absolute Gasteiger partial charge is 0.120 e. The molecule has 2 aromatic rings. The van der Waals surface area contributed by atoms with Gasteiger partial charge in [-0.1, -0.05) is 30.2 Å². The number of aromatic nitrogens is 1. The van der Waals surface area contributed by atoms with Gasteiger partial charge in [0, 0.05) is 11.6 Å². The second-order valence-corrected chi connectivity index (χ2v) is 3.21. The Labute approximate surface area is 89.3 Å². The zero-order valence-electron chi connectivity index (χ0n) is 8.62. The van der Waals surface area contributed by atoms with Crippen molar-refractivity contribution < 1.29 is 0 Å². The molecule has 0 unspecified atom stereocenters. The molecule has 0 fully saturated rings. The molecule has 1 aromatic carbocycles. The van der Waals surface area contributed by atoms with Gasteiger partial charge < -0.3 is 5.32 Å². The number of nitrogens with zero attached hydrogens (tertiary/aromatic N) is 1. The van der Waals surface area contributed by atoms with E-state index >= 15 is 0 Å². The lowest BCUT2D eigenvalue weighted by molar-refractivity contribution is 0.938. The van der Waals surface area contributed by atoms with Gasteiger partial charge in [-0.2, -0.15) is 0 Å². The molecule has 15 heavy (non-hydrogen) atoms. The molecule has 0 radical (unpaired) electrons.